The number of hydrazone groups is 1. The van der Waals surface area contributed by atoms with Gasteiger partial charge in [0.25, 0.3) is 15.9 Å². The standard InChI is InChI=1S/C27H25N3O3S/c1-20-10-8-17-26(21(20)2)30(34(32,33)24-14-4-3-5-15-24)19-27(31)29-28-18-23-13-9-12-22-11-6-7-16-25(22)23/h3-18H,19H2,1-2H3,(H,29,31)/b28-18-. The number of fused-ring (bicyclic) bond motifs is 1. The molecule has 0 aromatic heterocycles. The van der Waals surface area contributed by atoms with E-state index >= 15 is 0 Å². The Morgan fingerprint density at radius 2 is 1.56 bits per heavy atom. The van der Waals surface area contributed by atoms with Crippen molar-refractivity contribution in [2.75, 3.05) is 10.8 Å². The van der Waals surface area contributed by atoms with E-state index in [-0.39, 0.29) is 4.90 Å². The van der Waals surface area contributed by atoms with Gasteiger partial charge in [0.2, 0.25) is 0 Å². The molecule has 4 aromatic rings. The highest BCUT2D eigenvalue weighted by Crippen LogP contribution is 2.28. The first-order chi connectivity index (χ1) is 16.4. The number of anilines is 1. The van der Waals surface area contributed by atoms with Crippen LogP contribution in [-0.4, -0.2) is 27.1 Å². The lowest BCUT2D eigenvalue weighted by Crippen LogP contribution is -2.40. The van der Waals surface area contributed by atoms with Gasteiger partial charge in [0.15, 0.2) is 0 Å². The van der Waals surface area contributed by atoms with E-state index in [4.69, 9.17) is 0 Å². The SMILES string of the molecule is Cc1cccc(N(CC(=O)N/N=C\c2cccc3ccccc23)S(=O)(=O)c2ccccc2)c1C. The van der Waals surface area contributed by atoms with Crippen LogP contribution in [0.1, 0.15) is 16.7 Å². The summed E-state index contributed by atoms with van der Waals surface area (Å²) in [6.45, 7) is 3.34. The van der Waals surface area contributed by atoms with Crippen molar-refractivity contribution in [1.29, 1.82) is 0 Å². The quantitative estimate of drug-likeness (QED) is 0.311. The van der Waals surface area contributed by atoms with E-state index in [0.717, 1.165) is 31.8 Å². The third-order valence-electron chi connectivity index (χ3n) is 5.68. The average Bonchev–Trinajstić information content (AvgIpc) is 2.85. The highest BCUT2D eigenvalue weighted by Gasteiger charge is 2.28. The Kier molecular flexibility index (Phi) is 6.75. The lowest BCUT2D eigenvalue weighted by Gasteiger charge is -2.26. The molecule has 4 aromatic carbocycles. The van der Waals surface area contributed by atoms with E-state index in [1.165, 1.54) is 12.1 Å². The maximum Gasteiger partial charge on any atom is 0.264 e. The number of hydrogen-bond donors (Lipinski definition) is 1. The zero-order chi connectivity index (χ0) is 24.1. The Morgan fingerprint density at radius 1 is 0.882 bits per heavy atom. The Hall–Kier alpha value is -3.97. The molecule has 0 saturated heterocycles. The molecule has 1 N–H and O–H groups in total. The molecule has 0 atom stereocenters. The fraction of sp³-hybridized carbons (Fsp3) is 0.111. The number of sulfonamides is 1. The van der Waals surface area contributed by atoms with Crippen molar-refractivity contribution in [3.8, 4) is 0 Å². The third kappa shape index (κ3) is 4.84. The molecule has 0 aliphatic rings. The van der Waals surface area contributed by atoms with Gasteiger partial charge in [0, 0.05) is 5.56 Å². The number of benzene rings is 4. The number of nitrogens with one attached hydrogen (secondary N) is 1. The molecule has 0 aliphatic carbocycles. The average molecular weight is 472 g/mol. The second-order valence-electron chi connectivity index (χ2n) is 7.91. The normalized spacial score (nSPS) is 11.6. The second-order valence-corrected chi connectivity index (χ2v) is 9.77. The van der Waals surface area contributed by atoms with Crippen molar-refractivity contribution in [3.63, 3.8) is 0 Å². The van der Waals surface area contributed by atoms with Crippen LogP contribution in [-0.2, 0) is 14.8 Å². The summed E-state index contributed by atoms with van der Waals surface area (Å²) < 4.78 is 28.1. The summed E-state index contributed by atoms with van der Waals surface area (Å²) in [6, 6.07) is 27.2. The number of amides is 1. The molecule has 0 fully saturated rings. The van der Waals surface area contributed by atoms with Crippen molar-refractivity contribution >= 4 is 38.6 Å². The van der Waals surface area contributed by atoms with Crippen LogP contribution in [0.3, 0.4) is 0 Å². The molecule has 6 nitrogen and oxygen atoms in total. The van der Waals surface area contributed by atoms with E-state index in [2.05, 4.69) is 10.5 Å². The zero-order valence-corrected chi connectivity index (χ0v) is 19.8. The first-order valence-electron chi connectivity index (χ1n) is 10.8. The number of nitrogens with zero attached hydrogens (tertiary/aromatic N) is 2. The number of rotatable bonds is 7. The second kappa shape index (κ2) is 9.89. The van der Waals surface area contributed by atoms with Gasteiger partial charge < -0.3 is 0 Å². The molecule has 0 spiro atoms. The van der Waals surface area contributed by atoms with Crippen LogP contribution in [0.15, 0.2) is 101 Å². The topological polar surface area (TPSA) is 78.8 Å². The van der Waals surface area contributed by atoms with Gasteiger partial charge in [-0.3, -0.25) is 9.10 Å². The van der Waals surface area contributed by atoms with E-state index < -0.39 is 22.5 Å². The Bertz CT molecular complexity index is 1460. The molecule has 0 heterocycles. The fourth-order valence-corrected chi connectivity index (χ4v) is 5.23. The van der Waals surface area contributed by atoms with Gasteiger partial charge in [-0.1, -0.05) is 72.8 Å². The zero-order valence-electron chi connectivity index (χ0n) is 19.0. The maximum absolute atomic E-state index is 13.5. The first kappa shape index (κ1) is 23.2. The summed E-state index contributed by atoms with van der Waals surface area (Å²) >= 11 is 0. The summed E-state index contributed by atoms with van der Waals surface area (Å²) in [5, 5.41) is 6.16. The van der Waals surface area contributed by atoms with E-state index in [1.807, 2.05) is 62.4 Å². The van der Waals surface area contributed by atoms with Gasteiger partial charge in [0.1, 0.15) is 6.54 Å². The van der Waals surface area contributed by atoms with Gasteiger partial charge in [-0.05, 0) is 53.9 Å². The monoisotopic (exact) mass is 471 g/mol. The fourth-order valence-electron chi connectivity index (χ4n) is 3.73. The highest BCUT2D eigenvalue weighted by molar-refractivity contribution is 7.92. The van der Waals surface area contributed by atoms with Gasteiger partial charge in [-0.2, -0.15) is 5.10 Å². The molecule has 0 aliphatic heterocycles. The predicted molar refractivity (Wildman–Crippen MR) is 137 cm³/mol. The van der Waals surface area contributed by atoms with Gasteiger partial charge >= 0.3 is 0 Å². The van der Waals surface area contributed by atoms with E-state index in [9.17, 15) is 13.2 Å². The van der Waals surface area contributed by atoms with E-state index in [0.29, 0.717) is 5.69 Å². The molecular weight excluding hydrogens is 446 g/mol. The molecule has 0 saturated carbocycles. The molecule has 0 unspecified atom stereocenters. The van der Waals surface area contributed by atoms with Crippen LogP contribution in [0.2, 0.25) is 0 Å². The van der Waals surface area contributed by atoms with Crippen LogP contribution in [0.5, 0.6) is 0 Å². The van der Waals surface area contributed by atoms with Crippen molar-refractivity contribution in [1.82, 2.24) is 5.43 Å². The lowest BCUT2D eigenvalue weighted by molar-refractivity contribution is -0.119. The summed E-state index contributed by atoms with van der Waals surface area (Å²) in [6.07, 6.45) is 1.56. The Morgan fingerprint density at radius 3 is 2.35 bits per heavy atom. The minimum Gasteiger partial charge on any atom is -0.271 e. The number of aryl methyl sites for hydroxylation is 1. The van der Waals surface area contributed by atoms with Crippen LogP contribution in [0, 0.1) is 13.8 Å². The molecule has 7 heteroatoms. The smallest absolute Gasteiger partial charge is 0.264 e. The maximum atomic E-state index is 13.5. The molecule has 1 amide bonds. The molecule has 0 radical (unpaired) electrons. The van der Waals surface area contributed by atoms with Crippen LogP contribution >= 0.6 is 0 Å². The van der Waals surface area contributed by atoms with Crippen LogP contribution < -0.4 is 9.73 Å². The van der Waals surface area contributed by atoms with Crippen LogP contribution in [0.25, 0.3) is 10.8 Å². The van der Waals surface area contributed by atoms with Crippen molar-refractivity contribution in [3.05, 3.63) is 108 Å². The Balaban J connectivity index is 1.61. The minimum atomic E-state index is -3.97. The summed E-state index contributed by atoms with van der Waals surface area (Å²) in [5.41, 5.74) is 5.50. The number of carbonyl (C=O) groups excluding carboxylic acids is 1. The summed E-state index contributed by atoms with van der Waals surface area (Å²) in [5.74, 6) is -0.545. The highest BCUT2D eigenvalue weighted by atomic mass is 32.2. The van der Waals surface area contributed by atoms with E-state index in [1.54, 1.807) is 36.5 Å². The molecule has 172 valence electrons. The summed E-state index contributed by atoms with van der Waals surface area (Å²) in [4.78, 5) is 12.9. The number of hydrogen-bond acceptors (Lipinski definition) is 4. The van der Waals surface area contributed by atoms with Gasteiger partial charge in [-0.25, -0.2) is 13.8 Å². The van der Waals surface area contributed by atoms with Crippen molar-refractivity contribution in [2.24, 2.45) is 5.10 Å². The third-order valence-corrected chi connectivity index (χ3v) is 7.45. The number of carbonyl (C=O) groups is 1. The molecule has 34 heavy (non-hydrogen) atoms. The summed E-state index contributed by atoms with van der Waals surface area (Å²) in [7, 11) is -3.97. The lowest BCUT2D eigenvalue weighted by atomic mass is 10.1. The van der Waals surface area contributed by atoms with Gasteiger partial charge in [-0.15, -0.1) is 0 Å². The molecule has 4 rings (SSSR count). The predicted octanol–water partition coefficient (Wildman–Crippen LogP) is 4.80. The van der Waals surface area contributed by atoms with Gasteiger partial charge in [0.05, 0.1) is 16.8 Å². The van der Waals surface area contributed by atoms with Crippen LogP contribution in [0.4, 0.5) is 5.69 Å². The largest absolute Gasteiger partial charge is 0.271 e. The van der Waals surface area contributed by atoms with Crippen molar-refractivity contribution < 1.29 is 13.2 Å². The Labute approximate surface area is 199 Å². The first-order valence-corrected chi connectivity index (χ1v) is 12.3. The molecular formula is C27H25N3O3S. The minimum absolute atomic E-state index is 0.114. The molecule has 0 bridgehead atoms. The van der Waals surface area contributed by atoms with Crippen molar-refractivity contribution in [2.45, 2.75) is 18.7 Å².